The van der Waals surface area contributed by atoms with Gasteiger partial charge in [0.1, 0.15) is 5.65 Å². The second-order valence-corrected chi connectivity index (χ2v) is 6.17. The number of nitrogen functional groups attached to an aromatic ring is 1. The number of nitrogens with one attached hydrogen (secondary N) is 1. The molecule has 6 heteroatoms. The van der Waals surface area contributed by atoms with Crippen LogP contribution >= 0.6 is 11.8 Å². The summed E-state index contributed by atoms with van der Waals surface area (Å²) in [5, 5.41) is 1.02. The van der Waals surface area contributed by atoms with E-state index < -0.39 is 0 Å². The zero-order valence-electron chi connectivity index (χ0n) is 13.0. The maximum absolute atomic E-state index is 5.72. The number of H-pyrrole nitrogens is 1. The Labute approximate surface area is 143 Å². The van der Waals surface area contributed by atoms with Crippen LogP contribution in [0.5, 0.6) is 0 Å². The average molecular weight is 333 g/mol. The van der Waals surface area contributed by atoms with Gasteiger partial charge in [0.25, 0.3) is 0 Å². The van der Waals surface area contributed by atoms with E-state index in [0.29, 0.717) is 0 Å². The summed E-state index contributed by atoms with van der Waals surface area (Å²) in [6, 6.07) is 12.3. The van der Waals surface area contributed by atoms with Gasteiger partial charge in [0, 0.05) is 40.0 Å². The van der Waals surface area contributed by atoms with Gasteiger partial charge in [0.2, 0.25) is 5.95 Å². The summed E-state index contributed by atoms with van der Waals surface area (Å²) < 4.78 is 0. The van der Waals surface area contributed by atoms with Crippen molar-refractivity contribution in [2.24, 2.45) is 0 Å². The molecule has 4 rings (SSSR count). The normalized spacial score (nSPS) is 11.0. The fourth-order valence-electron chi connectivity index (χ4n) is 2.77. The van der Waals surface area contributed by atoms with Crippen LogP contribution in [-0.4, -0.2) is 26.2 Å². The fraction of sp³-hybridized carbons (Fsp3) is 0.0556. The molecule has 4 aromatic rings. The Hall–Kier alpha value is -2.86. The molecular weight excluding hydrogens is 318 g/mol. The first kappa shape index (κ1) is 14.7. The third kappa shape index (κ3) is 2.51. The van der Waals surface area contributed by atoms with Crippen molar-refractivity contribution in [2.45, 2.75) is 4.90 Å². The van der Waals surface area contributed by atoms with E-state index in [1.807, 2.05) is 30.6 Å². The minimum absolute atomic E-state index is 0.263. The van der Waals surface area contributed by atoms with Crippen LogP contribution in [0.2, 0.25) is 0 Å². The van der Waals surface area contributed by atoms with Crippen LogP contribution in [0.25, 0.3) is 33.4 Å². The number of benzene rings is 1. The van der Waals surface area contributed by atoms with Crippen molar-refractivity contribution < 1.29 is 0 Å². The van der Waals surface area contributed by atoms with Gasteiger partial charge in [-0.2, -0.15) is 0 Å². The van der Waals surface area contributed by atoms with E-state index in [0.717, 1.165) is 27.9 Å². The summed E-state index contributed by atoms with van der Waals surface area (Å²) in [4.78, 5) is 17.3. The van der Waals surface area contributed by atoms with Crippen LogP contribution in [0.4, 0.5) is 5.95 Å². The van der Waals surface area contributed by atoms with Crippen molar-refractivity contribution in [1.29, 1.82) is 0 Å². The molecule has 0 aliphatic carbocycles. The lowest BCUT2D eigenvalue weighted by Crippen LogP contribution is -1.94. The lowest BCUT2D eigenvalue weighted by molar-refractivity contribution is 1.19. The first-order valence-corrected chi connectivity index (χ1v) is 8.68. The first-order valence-electron chi connectivity index (χ1n) is 7.45. The summed E-state index contributed by atoms with van der Waals surface area (Å²) in [5.74, 6) is 0.263. The standard InChI is InChI=1S/C18H15N5S/c1-24-16-5-3-2-4-12(16)11-8-13-14(10-22-17(13)21-9-11)15-6-7-20-18(19)23-15/h2-10H,1H3,(H,21,22)(H2,19,20,23). The largest absolute Gasteiger partial charge is 0.368 e. The summed E-state index contributed by atoms with van der Waals surface area (Å²) in [7, 11) is 0. The second kappa shape index (κ2) is 5.98. The average Bonchev–Trinajstić information content (AvgIpc) is 3.05. The van der Waals surface area contributed by atoms with Crippen molar-refractivity contribution in [3.63, 3.8) is 0 Å². The van der Waals surface area contributed by atoms with Gasteiger partial charge >= 0.3 is 0 Å². The van der Waals surface area contributed by atoms with Crippen molar-refractivity contribution in [3.05, 3.63) is 55.0 Å². The number of hydrogen-bond donors (Lipinski definition) is 2. The van der Waals surface area contributed by atoms with Crippen LogP contribution < -0.4 is 5.73 Å². The van der Waals surface area contributed by atoms with E-state index >= 15 is 0 Å². The number of fused-ring (bicyclic) bond motifs is 1. The number of thioether (sulfide) groups is 1. The quantitative estimate of drug-likeness (QED) is 0.554. The second-order valence-electron chi connectivity index (χ2n) is 5.32. The van der Waals surface area contributed by atoms with E-state index in [1.54, 1.807) is 18.0 Å². The predicted molar refractivity (Wildman–Crippen MR) is 98.7 cm³/mol. The lowest BCUT2D eigenvalue weighted by Gasteiger charge is -2.07. The van der Waals surface area contributed by atoms with Crippen molar-refractivity contribution in [3.8, 4) is 22.4 Å². The molecule has 118 valence electrons. The van der Waals surface area contributed by atoms with Crippen molar-refractivity contribution in [1.82, 2.24) is 19.9 Å². The van der Waals surface area contributed by atoms with Gasteiger partial charge in [-0.15, -0.1) is 11.8 Å². The monoisotopic (exact) mass is 333 g/mol. The minimum atomic E-state index is 0.263. The van der Waals surface area contributed by atoms with Crippen molar-refractivity contribution >= 4 is 28.7 Å². The number of pyridine rings is 1. The summed E-state index contributed by atoms with van der Waals surface area (Å²) >= 11 is 1.73. The Morgan fingerprint density at radius 2 is 1.96 bits per heavy atom. The van der Waals surface area contributed by atoms with E-state index in [2.05, 4.69) is 44.4 Å². The molecule has 0 unspecified atom stereocenters. The van der Waals surface area contributed by atoms with Crippen LogP contribution in [0.1, 0.15) is 0 Å². The van der Waals surface area contributed by atoms with E-state index in [9.17, 15) is 0 Å². The van der Waals surface area contributed by atoms with E-state index in [-0.39, 0.29) is 5.95 Å². The SMILES string of the molecule is CSc1ccccc1-c1cnc2[nH]cc(-c3ccnc(N)n3)c2c1. The number of aromatic amines is 1. The highest BCUT2D eigenvalue weighted by atomic mass is 32.2. The van der Waals surface area contributed by atoms with Gasteiger partial charge in [0.05, 0.1) is 5.69 Å². The van der Waals surface area contributed by atoms with Gasteiger partial charge < -0.3 is 10.7 Å². The molecular formula is C18H15N5S. The van der Waals surface area contributed by atoms with Gasteiger partial charge in [-0.05, 0) is 30.0 Å². The smallest absolute Gasteiger partial charge is 0.220 e. The van der Waals surface area contributed by atoms with E-state index in [4.69, 9.17) is 5.73 Å². The molecule has 0 fully saturated rings. The predicted octanol–water partition coefficient (Wildman–Crippen LogP) is 3.99. The zero-order chi connectivity index (χ0) is 16.5. The summed E-state index contributed by atoms with van der Waals surface area (Å²) in [5.41, 5.74) is 10.5. The van der Waals surface area contributed by atoms with Crippen LogP contribution in [0.15, 0.2) is 59.9 Å². The lowest BCUT2D eigenvalue weighted by atomic mass is 10.0. The molecule has 1 aromatic carbocycles. The van der Waals surface area contributed by atoms with Gasteiger partial charge in [-0.25, -0.2) is 15.0 Å². The van der Waals surface area contributed by atoms with Crippen LogP contribution in [0, 0.1) is 0 Å². The number of aromatic nitrogens is 4. The van der Waals surface area contributed by atoms with Gasteiger partial charge in [-0.1, -0.05) is 18.2 Å². The number of rotatable bonds is 3. The number of nitrogens with zero attached hydrogens (tertiary/aromatic N) is 3. The highest BCUT2D eigenvalue weighted by Crippen LogP contribution is 2.33. The van der Waals surface area contributed by atoms with Crippen LogP contribution in [0.3, 0.4) is 0 Å². The number of nitrogens with two attached hydrogens (primary N) is 1. The molecule has 0 atom stereocenters. The summed E-state index contributed by atoms with van der Waals surface area (Å²) in [6.45, 7) is 0. The number of hydrogen-bond acceptors (Lipinski definition) is 5. The molecule has 0 bridgehead atoms. The molecule has 0 saturated carbocycles. The molecule has 0 spiro atoms. The van der Waals surface area contributed by atoms with Crippen LogP contribution in [-0.2, 0) is 0 Å². The molecule has 0 aliphatic rings. The molecule has 5 nitrogen and oxygen atoms in total. The Morgan fingerprint density at radius 3 is 2.79 bits per heavy atom. The Balaban J connectivity index is 1.90. The molecule has 3 aromatic heterocycles. The Bertz CT molecular complexity index is 1020. The highest BCUT2D eigenvalue weighted by molar-refractivity contribution is 7.98. The zero-order valence-corrected chi connectivity index (χ0v) is 13.8. The molecule has 24 heavy (non-hydrogen) atoms. The maximum Gasteiger partial charge on any atom is 0.220 e. The van der Waals surface area contributed by atoms with Gasteiger partial charge in [-0.3, -0.25) is 0 Å². The Kier molecular flexibility index (Phi) is 3.66. The highest BCUT2D eigenvalue weighted by Gasteiger charge is 2.12. The molecule has 3 heterocycles. The summed E-state index contributed by atoms with van der Waals surface area (Å²) in [6.07, 6.45) is 7.54. The maximum atomic E-state index is 5.72. The third-order valence-corrected chi connectivity index (χ3v) is 4.70. The van der Waals surface area contributed by atoms with E-state index in [1.165, 1.54) is 10.5 Å². The molecule has 0 radical (unpaired) electrons. The molecule has 3 N–H and O–H groups in total. The molecule has 0 aliphatic heterocycles. The third-order valence-electron chi connectivity index (χ3n) is 3.90. The minimum Gasteiger partial charge on any atom is -0.368 e. The van der Waals surface area contributed by atoms with Gasteiger partial charge in [0.15, 0.2) is 0 Å². The topological polar surface area (TPSA) is 80.5 Å². The number of anilines is 1. The Morgan fingerprint density at radius 1 is 1.08 bits per heavy atom. The first-order chi connectivity index (χ1) is 11.8. The molecule has 0 saturated heterocycles. The molecule has 0 amide bonds. The van der Waals surface area contributed by atoms with Crippen molar-refractivity contribution in [2.75, 3.05) is 12.0 Å². The fourth-order valence-corrected chi connectivity index (χ4v) is 3.39.